The van der Waals surface area contributed by atoms with E-state index < -0.39 is 12.5 Å². The van der Waals surface area contributed by atoms with Crippen LogP contribution in [0.1, 0.15) is 25.6 Å². The fraction of sp³-hybridized carbons (Fsp3) is 0.556. The van der Waals surface area contributed by atoms with Crippen molar-refractivity contribution < 1.29 is 13.2 Å². The molecule has 0 spiro atoms. The number of alkyl halides is 2. The third kappa shape index (κ3) is 2.81. The van der Waals surface area contributed by atoms with Crippen LogP contribution in [0.4, 0.5) is 8.78 Å². The van der Waals surface area contributed by atoms with Crippen molar-refractivity contribution in [3.05, 3.63) is 24.2 Å². The quantitative estimate of drug-likeness (QED) is 0.787. The Labute approximate surface area is 75.9 Å². The second-order valence-corrected chi connectivity index (χ2v) is 3.03. The summed E-state index contributed by atoms with van der Waals surface area (Å²) in [6.07, 6.45) is -0.821. The summed E-state index contributed by atoms with van der Waals surface area (Å²) >= 11 is 0. The summed E-state index contributed by atoms with van der Waals surface area (Å²) in [5.41, 5.74) is 0. The minimum Gasteiger partial charge on any atom is -0.468 e. The average molecular weight is 189 g/mol. The number of halogens is 2. The van der Waals surface area contributed by atoms with E-state index in [0.717, 1.165) is 0 Å². The van der Waals surface area contributed by atoms with E-state index >= 15 is 0 Å². The lowest BCUT2D eigenvalue weighted by molar-refractivity contribution is 0.0994. The van der Waals surface area contributed by atoms with Gasteiger partial charge in [0.15, 0.2) is 0 Å². The Bertz CT molecular complexity index is 236. The summed E-state index contributed by atoms with van der Waals surface area (Å²) in [7, 11) is 0. The lowest BCUT2D eigenvalue weighted by Gasteiger charge is -2.17. The van der Waals surface area contributed by atoms with Crippen molar-refractivity contribution in [3.63, 3.8) is 0 Å². The van der Waals surface area contributed by atoms with Crippen LogP contribution < -0.4 is 5.32 Å². The van der Waals surface area contributed by atoms with Gasteiger partial charge in [-0.15, -0.1) is 0 Å². The van der Waals surface area contributed by atoms with Gasteiger partial charge in [-0.25, -0.2) is 8.78 Å². The highest BCUT2D eigenvalue weighted by molar-refractivity contribution is 5.03. The molecule has 0 saturated heterocycles. The number of furan rings is 1. The van der Waals surface area contributed by atoms with Crippen LogP contribution in [-0.4, -0.2) is 12.5 Å². The first kappa shape index (κ1) is 10.2. The van der Waals surface area contributed by atoms with Crippen molar-refractivity contribution in [1.29, 1.82) is 0 Å². The summed E-state index contributed by atoms with van der Waals surface area (Å²) in [5.74, 6) is 0.674. The van der Waals surface area contributed by atoms with Crippen LogP contribution in [0.5, 0.6) is 0 Å². The molecule has 0 aromatic carbocycles. The normalized spacial score (nSPS) is 16.1. The molecule has 0 saturated carbocycles. The van der Waals surface area contributed by atoms with Gasteiger partial charge in [0.2, 0.25) is 0 Å². The Morgan fingerprint density at radius 3 is 2.54 bits per heavy atom. The van der Waals surface area contributed by atoms with Crippen LogP contribution in [0.3, 0.4) is 0 Å². The van der Waals surface area contributed by atoms with E-state index in [-0.39, 0.29) is 6.04 Å². The van der Waals surface area contributed by atoms with Crippen LogP contribution in [0.25, 0.3) is 0 Å². The third-order valence-electron chi connectivity index (χ3n) is 1.86. The third-order valence-corrected chi connectivity index (χ3v) is 1.86. The second-order valence-electron chi connectivity index (χ2n) is 3.03. The van der Waals surface area contributed by atoms with E-state index in [9.17, 15) is 8.78 Å². The van der Waals surface area contributed by atoms with Gasteiger partial charge in [-0.1, -0.05) is 0 Å². The first-order chi connectivity index (χ1) is 6.11. The topological polar surface area (TPSA) is 25.2 Å². The molecule has 1 aromatic rings. The lowest BCUT2D eigenvalue weighted by atomic mass is 10.2. The standard InChI is InChI=1S/C9H13F2NO/c1-6(8-4-3-5-13-8)12-7(2)9(10)11/h3-7,9,12H,1-2H3/t6-,7?/m0/s1. The maximum atomic E-state index is 12.1. The van der Waals surface area contributed by atoms with Gasteiger partial charge in [0.05, 0.1) is 18.3 Å². The molecule has 4 heteroatoms. The van der Waals surface area contributed by atoms with Gasteiger partial charge >= 0.3 is 0 Å². The van der Waals surface area contributed by atoms with Crippen LogP contribution in [0.15, 0.2) is 22.8 Å². The van der Waals surface area contributed by atoms with E-state index in [2.05, 4.69) is 5.32 Å². The molecule has 1 heterocycles. The van der Waals surface area contributed by atoms with Crippen LogP contribution in [-0.2, 0) is 0 Å². The minimum absolute atomic E-state index is 0.181. The van der Waals surface area contributed by atoms with Crippen molar-refractivity contribution in [1.82, 2.24) is 5.32 Å². The van der Waals surface area contributed by atoms with Gasteiger partial charge in [0, 0.05) is 0 Å². The minimum atomic E-state index is -2.35. The van der Waals surface area contributed by atoms with Gasteiger partial charge in [-0.05, 0) is 26.0 Å². The highest BCUT2D eigenvalue weighted by Gasteiger charge is 2.18. The van der Waals surface area contributed by atoms with Gasteiger partial charge < -0.3 is 4.42 Å². The van der Waals surface area contributed by atoms with E-state index in [0.29, 0.717) is 5.76 Å². The summed E-state index contributed by atoms with van der Waals surface area (Å²) in [6.45, 7) is 3.24. The van der Waals surface area contributed by atoms with Crippen molar-refractivity contribution in [2.75, 3.05) is 0 Å². The van der Waals surface area contributed by atoms with Gasteiger partial charge in [-0.3, -0.25) is 5.32 Å². The molecular formula is C9H13F2NO. The van der Waals surface area contributed by atoms with Gasteiger partial charge in [0.25, 0.3) is 6.43 Å². The fourth-order valence-electron chi connectivity index (χ4n) is 1.09. The number of nitrogens with one attached hydrogen (secondary N) is 1. The highest BCUT2D eigenvalue weighted by Crippen LogP contribution is 2.14. The molecule has 0 aliphatic carbocycles. The molecular weight excluding hydrogens is 176 g/mol. The van der Waals surface area contributed by atoms with Crippen molar-refractivity contribution in [3.8, 4) is 0 Å². The summed E-state index contributed by atoms with van der Waals surface area (Å²) in [4.78, 5) is 0. The first-order valence-electron chi connectivity index (χ1n) is 4.19. The molecule has 1 unspecified atom stereocenters. The fourth-order valence-corrected chi connectivity index (χ4v) is 1.09. The molecule has 0 radical (unpaired) electrons. The highest BCUT2D eigenvalue weighted by atomic mass is 19.3. The smallest absolute Gasteiger partial charge is 0.253 e. The summed E-state index contributed by atoms with van der Waals surface area (Å²) < 4.78 is 29.3. The Hall–Kier alpha value is -0.900. The number of rotatable bonds is 4. The first-order valence-corrected chi connectivity index (χ1v) is 4.19. The van der Waals surface area contributed by atoms with Gasteiger partial charge in [0.1, 0.15) is 5.76 Å². The Morgan fingerprint density at radius 1 is 1.38 bits per heavy atom. The zero-order chi connectivity index (χ0) is 9.84. The average Bonchev–Trinajstić information content (AvgIpc) is 2.55. The Morgan fingerprint density at radius 2 is 2.08 bits per heavy atom. The molecule has 0 aliphatic heterocycles. The van der Waals surface area contributed by atoms with Crippen molar-refractivity contribution in [2.45, 2.75) is 32.4 Å². The van der Waals surface area contributed by atoms with E-state index in [4.69, 9.17) is 4.42 Å². The Kier molecular flexibility index (Phi) is 3.42. The van der Waals surface area contributed by atoms with Gasteiger partial charge in [-0.2, -0.15) is 0 Å². The maximum absolute atomic E-state index is 12.1. The lowest BCUT2D eigenvalue weighted by Crippen LogP contribution is -2.34. The monoisotopic (exact) mass is 189 g/mol. The molecule has 0 bridgehead atoms. The molecule has 0 fully saturated rings. The molecule has 0 aliphatic rings. The van der Waals surface area contributed by atoms with Crippen LogP contribution >= 0.6 is 0 Å². The maximum Gasteiger partial charge on any atom is 0.253 e. The number of hydrogen-bond donors (Lipinski definition) is 1. The zero-order valence-electron chi connectivity index (χ0n) is 7.63. The summed E-state index contributed by atoms with van der Waals surface area (Å²) in [6, 6.07) is 2.50. The molecule has 13 heavy (non-hydrogen) atoms. The SMILES string of the molecule is CC(N[C@@H](C)c1ccco1)C(F)F. The zero-order valence-corrected chi connectivity index (χ0v) is 7.63. The Balaban J connectivity index is 2.46. The van der Waals surface area contributed by atoms with E-state index in [1.165, 1.54) is 13.2 Å². The molecule has 2 nitrogen and oxygen atoms in total. The molecule has 1 aromatic heterocycles. The second kappa shape index (κ2) is 4.37. The molecule has 0 amide bonds. The van der Waals surface area contributed by atoms with Crippen LogP contribution in [0.2, 0.25) is 0 Å². The van der Waals surface area contributed by atoms with Crippen molar-refractivity contribution in [2.24, 2.45) is 0 Å². The molecule has 2 atom stereocenters. The molecule has 1 rings (SSSR count). The predicted molar refractivity (Wildman–Crippen MR) is 45.7 cm³/mol. The number of hydrogen-bond acceptors (Lipinski definition) is 2. The predicted octanol–water partition coefficient (Wildman–Crippen LogP) is 2.58. The van der Waals surface area contributed by atoms with E-state index in [1.54, 1.807) is 19.1 Å². The van der Waals surface area contributed by atoms with Crippen molar-refractivity contribution >= 4 is 0 Å². The molecule has 1 N–H and O–H groups in total. The van der Waals surface area contributed by atoms with Crippen LogP contribution in [0, 0.1) is 0 Å². The summed E-state index contributed by atoms with van der Waals surface area (Å²) in [5, 5.41) is 2.74. The molecule has 74 valence electrons. The largest absolute Gasteiger partial charge is 0.468 e. The van der Waals surface area contributed by atoms with E-state index in [1.807, 2.05) is 0 Å².